The number of hydrogen-bond donors (Lipinski definition) is 1. The molecule has 0 saturated carbocycles. The summed E-state index contributed by atoms with van der Waals surface area (Å²) in [6, 6.07) is 17.7. The molecule has 24 heavy (non-hydrogen) atoms. The Hall–Kier alpha value is -1.69. The number of nitrogens with one attached hydrogen (secondary N) is 1. The van der Waals surface area contributed by atoms with Crippen molar-refractivity contribution in [3.05, 3.63) is 65.7 Å². The van der Waals surface area contributed by atoms with Gasteiger partial charge in [-0.3, -0.25) is 0 Å². The highest BCUT2D eigenvalue weighted by Gasteiger charge is 2.17. The molecule has 0 bridgehead atoms. The molecule has 4 nitrogen and oxygen atoms in total. The molecule has 0 heterocycles. The van der Waals surface area contributed by atoms with Crippen LogP contribution in [0.15, 0.2) is 59.5 Å². The summed E-state index contributed by atoms with van der Waals surface area (Å²) in [5.74, 6) is 0.419. The Morgan fingerprint density at radius 1 is 0.917 bits per heavy atom. The van der Waals surface area contributed by atoms with Gasteiger partial charge in [0.25, 0.3) is 0 Å². The fourth-order valence-electron chi connectivity index (χ4n) is 2.51. The molecule has 5 heteroatoms. The van der Waals surface area contributed by atoms with Crippen LogP contribution in [0.4, 0.5) is 0 Å². The number of rotatable bonds is 7. The topological polar surface area (TPSA) is 49.4 Å². The lowest BCUT2D eigenvalue weighted by molar-refractivity contribution is 0.520. The number of benzene rings is 2. The van der Waals surface area contributed by atoms with Crippen molar-refractivity contribution >= 4 is 10.0 Å². The lowest BCUT2D eigenvalue weighted by atomic mass is 10.0. The molecule has 1 N–H and O–H groups in total. The summed E-state index contributed by atoms with van der Waals surface area (Å²) in [5, 5.41) is 3.52. The van der Waals surface area contributed by atoms with Gasteiger partial charge in [-0.25, -0.2) is 12.7 Å². The zero-order valence-corrected chi connectivity index (χ0v) is 15.5. The average Bonchev–Trinajstić information content (AvgIpc) is 2.60. The second-order valence-corrected chi connectivity index (χ2v) is 8.45. The molecule has 0 aliphatic heterocycles. The average molecular weight is 346 g/mol. The molecular weight excluding hydrogens is 320 g/mol. The Morgan fingerprint density at radius 3 is 2.04 bits per heavy atom. The lowest BCUT2D eigenvalue weighted by Gasteiger charge is -2.19. The maximum absolute atomic E-state index is 12.1. The van der Waals surface area contributed by atoms with Crippen LogP contribution >= 0.6 is 0 Å². The Balaban J connectivity index is 1.99. The molecule has 0 fully saturated rings. The summed E-state index contributed by atoms with van der Waals surface area (Å²) in [5.41, 5.74) is 2.39. The Labute approximate surface area is 145 Å². The van der Waals surface area contributed by atoms with E-state index >= 15 is 0 Å². The van der Waals surface area contributed by atoms with Crippen LogP contribution in [0.3, 0.4) is 0 Å². The van der Waals surface area contributed by atoms with Gasteiger partial charge in [-0.1, -0.05) is 49.4 Å². The third kappa shape index (κ3) is 4.44. The second-order valence-electron chi connectivity index (χ2n) is 6.30. The number of nitrogens with zero attached hydrogens (tertiary/aromatic N) is 1. The van der Waals surface area contributed by atoms with Crippen LogP contribution in [0.2, 0.25) is 0 Å². The van der Waals surface area contributed by atoms with Gasteiger partial charge < -0.3 is 5.32 Å². The van der Waals surface area contributed by atoms with E-state index in [1.54, 1.807) is 26.2 Å². The first-order valence-corrected chi connectivity index (χ1v) is 9.57. The molecule has 2 rings (SSSR count). The van der Waals surface area contributed by atoms with E-state index in [-0.39, 0.29) is 6.04 Å². The summed E-state index contributed by atoms with van der Waals surface area (Å²) < 4.78 is 25.4. The van der Waals surface area contributed by atoms with Crippen molar-refractivity contribution in [3.8, 4) is 0 Å². The third-order valence-corrected chi connectivity index (χ3v) is 6.09. The van der Waals surface area contributed by atoms with Crippen LogP contribution in [-0.2, 0) is 10.0 Å². The van der Waals surface area contributed by atoms with Crippen molar-refractivity contribution in [2.75, 3.05) is 20.6 Å². The van der Waals surface area contributed by atoms with Gasteiger partial charge in [-0.2, -0.15) is 0 Å². The highest BCUT2D eigenvalue weighted by atomic mass is 32.2. The quantitative estimate of drug-likeness (QED) is 0.836. The zero-order chi connectivity index (χ0) is 17.7. The Bertz CT molecular complexity index is 741. The van der Waals surface area contributed by atoms with Crippen molar-refractivity contribution < 1.29 is 8.42 Å². The van der Waals surface area contributed by atoms with E-state index in [0.29, 0.717) is 10.8 Å². The Morgan fingerprint density at radius 2 is 1.50 bits per heavy atom. The Kier molecular flexibility index (Phi) is 6.15. The van der Waals surface area contributed by atoms with Crippen LogP contribution in [0.1, 0.15) is 36.9 Å². The van der Waals surface area contributed by atoms with E-state index in [0.717, 1.165) is 12.1 Å². The highest BCUT2D eigenvalue weighted by Crippen LogP contribution is 2.19. The van der Waals surface area contributed by atoms with Crippen molar-refractivity contribution in [2.24, 2.45) is 0 Å². The van der Waals surface area contributed by atoms with Crippen LogP contribution in [0.25, 0.3) is 0 Å². The first kappa shape index (κ1) is 18.6. The van der Waals surface area contributed by atoms with Gasteiger partial charge in [-0.05, 0) is 36.1 Å². The predicted octanol–water partition coefficient (Wildman–Crippen LogP) is 3.39. The molecule has 0 spiro atoms. The molecule has 130 valence electrons. The molecule has 0 unspecified atom stereocenters. The van der Waals surface area contributed by atoms with Crippen molar-refractivity contribution in [2.45, 2.75) is 30.7 Å². The van der Waals surface area contributed by atoms with E-state index in [1.165, 1.54) is 9.87 Å². The van der Waals surface area contributed by atoms with Crippen LogP contribution in [0.5, 0.6) is 0 Å². The highest BCUT2D eigenvalue weighted by molar-refractivity contribution is 7.89. The van der Waals surface area contributed by atoms with Gasteiger partial charge in [0.1, 0.15) is 0 Å². The summed E-state index contributed by atoms with van der Waals surface area (Å²) in [6.45, 7) is 5.15. The van der Waals surface area contributed by atoms with Crippen LogP contribution in [-0.4, -0.2) is 33.4 Å². The van der Waals surface area contributed by atoms with Gasteiger partial charge in [-0.15, -0.1) is 0 Å². The normalized spacial score (nSPS) is 14.5. The summed E-state index contributed by atoms with van der Waals surface area (Å²) >= 11 is 0. The maximum atomic E-state index is 12.1. The van der Waals surface area contributed by atoms with Crippen molar-refractivity contribution in [1.29, 1.82) is 0 Å². The fourth-order valence-corrected chi connectivity index (χ4v) is 3.41. The molecule has 2 aromatic carbocycles. The van der Waals surface area contributed by atoms with Crippen molar-refractivity contribution in [1.82, 2.24) is 9.62 Å². The van der Waals surface area contributed by atoms with E-state index in [4.69, 9.17) is 0 Å². The second kappa shape index (κ2) is 7.92. The minimum Gasteiger partial charge on any atom is -0.310 e. The number of sulfonamides is 1. The molecule has 0 aliphatic carbocycles. The lowest BCUT2D eigenvalue weighted by Crippen LogP contribution is -2.24. The minimum absolute atomic E-state index is 0.160. The standard InChI is InChI=1S/C19H26N2O2S/c1-15(17-8-6-5-7-9-17)14-20-16(2)18-10-12-19(13-11-18)24(22,23)21(3)4/h5-13,15-16,20H,14H2,1-4H3/t15-,16-/m1/s1. The van der Waals surface area contributed by atoms with Gasteiger partial charge in [0, 0.05) is 26.7 Å². The van der Waals surface area contributed by atoms with Gasteiger partial charge in [0.05, 0.1) is 4.90 Å². The molecule has 0 radical (unpaired) electrons. The molecule has 0 saturated heterocycles. The molecule has 0 aromatic heterocycles. The first-order chi connectivity index (χ1) is 11.3. The van der Waals surface area contributed by atoms with Crippen LogP contribution < -0.4 is 5.32 Å². The molecule has 2 atom stereocenters. The number of hydrogen-bond acceptors (Lipinski definition) is 3. The van der Waals surface area contributed by atoms with Gasteiger partial charge >= 0.3 is 0 Å². The van der Waals surface area contributed by atoms with E-state index in [2.05, 4.69) is 43.4 Å². The minimum atomic E-state index is -3.37. The summed E-state index contributed by atoms with van der Waals surface area (Å²) in [7, 11) is -0.288. The molecular formula is C19H26N2O2S. The van der Waals surface area contributed by atoms with Crippen LogP contribution in [0, 0.1) is 0 Å². The fraction of sp³-hybridized carbons (Fsp3) is 0.368. The first-order valence-electron chi connectivity index (χ1n) is 8.13. The maximum Gasteiger partial charge on any atom is 0.242 e. The zero-order valence-electron chi connectivity index (χ0n) is 14.7. The van der Waals surface area contributed by atoms with E-state index in [1.807, 2.05) is 18.2 Å². The van der Waals surface area contributed by atoms with Gasteiger partial charge in [0.15, 0.2) is 0 Å². The van der Waals surface area contributed by atoms with Crippen molar-refractivity contribution in [3.63, 3.8) is 0 Å². The predicted molar refractivity (Wildman–Crippen MR) is 98.6 cm³/mol. The third-order valence-electron chi connectivity index (χ3n) is 4.26. The molecule has 0 aliphatic rings. The van der Waals surface area contributed by atoms with Gasteiger partial charge in [0.2, 0.25) is 10.0 Å². The van der Waals surface area contributed by atoms with E-state index < -0.39 is 10.0 Å². The smallest absolute Gasteiger partial charge is 0.242 e. The van der Waals surface area contributed by atoms with E-state index in [9.17, 15) is 8.42 Å². The SMILES string of the molecule is C[C@H](CN[C@H](C)c1ccc(S(=O)(=O)N(C)C)cc1)c1ccccc1. The monoisotopic (exact) mass is 346 g/mol. The molecule has 0 amide bonds. The summed E-state index contributed by atoms with van der Waals surface area (Å²) in [6.07, 6.45) is 0. The molecule has 2 aromatic rings. The summed E-state index contributed by atoms with van der Waals surface area (Å²) in [4.78, 5) is 0.320. The largest absolute Gasteiger partial charge is 0.310 e.